The van der Waals surface area contributed by atoms with Gasteiger partial charge in [0.2, 0.25) is 0 Å². The second-order valence-electron chi connectivity index (χ2n) is 2.95. The topological polar surface area (TPSA) is 43.8 Å². The molecule has 2 rings (SSSR count). The highest BCUT2D eigenvalue weighted by Crippen LogP contribution is 2.25. The van der Waals surface area contributed by atoms with E-state index in [1.54, 1.807) is 16.9 Å². The van der Waals surface area contributed by atoms with E-state index in [4.69, 9.17) is 17.3 Å². The van der Waals surface area contributed by atoms with Crippen LogP contribution in [0.15, 0.2) is 18.3 Å². The molecule has 0 bridgehead atoms. The average Bonchev–Trinajstić information content (AvgIpc) is 2.57. The van der Waals surface area contributed by atoms with Crippen LogP contribution in [0.2, 0.25) is 5.02 Å². The predicted octanol–water partition coefficient (Wildman–Crippen LogP) is 1.79. The monoisotopic (exact) mass is 213 g/mol. The maximum atomic E-state index is 13.1. The normalized spacial score (nSPS) is 11.1. The van der Waals surface area contributed by atoms with Gasteiger partial charge in [0.05, 0.1) is 23.3 Å². The second-order valence-corrected chi connectivity index (χ2v) is 3.33. The smallest absolute Gasteiger partial charge is 0.142 e. The Hall–Kier alpha value is -1.13. The van der Waals surface area contributed by atoms with Crippen molar-refractivity contribution in [1.82, 2.24) is 9.78 Å². The van der Waals surface area contributed by atoms with E-state index in [2.05, 4.69) is 5.10 Å². The molecule has 0 radical (unpaired) electrons. The van der Waals surface area contributed by atoms with Crippen LogP contribution < -0.4 is 5.73 Å². The van der Waals surface area contributed by atoms with Crippen LogP contribution in [0.4, 0.5) is 4.39 Å². The van der Waals surface area contributed by atoms with Gasteiger partial charge in [0.1, 0.15) is 5.82 Å². The summed E-state index contributed by atoms with van der Waals surface area (Å²) >= 11 is 5.78. The van der Waals surface area contributed by atoms with E-state index < -0.39 is 5.82 Å². The van der Waals surface area contributed by atoms with Crippen LogP contribution in [-0.4, -0.2) is 16.3 Å². The SMILES string of the molecule is NCCn1ncc2c(Cl)c(F)ccc21. The standard InChI is InChI=1S/C9H9ClFN3/c10-9-6-5-13-14(4-3-12)8(6)2-1-7(9)11/h1-2,5H,3-4,12H2. The molecular formula is C9H9ClFN3. The number of hydrogen-bond acceptors (Lipinski definition) is 2. The number of nitrogens with two attached hydrogens (primary N) is 1. The zero-order chi connectivity index (χ0) is 10.1. The van der Waals surface area contributed by atoms with Gasteiger partial charge < -0.3 is 5.73 Å². The van der Waals surface area contributed by atoms with E-state index in [9.17, 15) is 4.39 Å². The van der Waals surface area contributed by atoms with Crippen molar-refractivity contribution >= 4 is 22.5 Å². The second kappa shape index (κ2) is 3.55. The minimum Gasteiger partial charge on any atom is -0.329 e. The van der Waals surface area contributed by atoms with Gasteiger partial charge >= 0.3 is 0 Å². The molecular weight excluding hydrogens is 205 g/mol. The van der Waals surface area contributed by atoms with Crippen LogP contribution in [-0.2, 0) is 6.54 Å². The van der Waals surface area contributed by atoms with Crippen molar-refractivity contribution in [2.24, 2.45) is 5.73 Å². The van der Waals surface area contributed by atoms with Crippen molar-refractivity contribution < 1.29 is 4.39 Å². The van der Waals surface area contributed by atoms with Crippen LogP contribution in [0.1, 0.15) is 0 Å². The summed E-state index contributed by atoms with van der Waals surface area (Å²) in [6.45, 7) is 1.09. The third kappa shape index (κ3) is 1.36. The largest absolute Gasteiger partial charge is 0.329 e. The molecule has 2 N–H and O–H groups in total. The van der Waals surface area contributed by atoms with Gasteiger partial charge in [0.25, 0.3) is 0 Å². The molecule has 14 heavy (non-hydrogen) atoms. The molecule has 1 heterocycles. The van der Waals surface area contributed by atoms with Crippen LogP contribution in [0.3, 0.4) is 0 Å². The van der Waals surface area contributed by atoms with E-state index in [0.717, 1.165) is 5.52 Å². The molecule has 5 heteroatoms. The lowest BCUT2D eigenvalue weighted by Gasteiger charge is -2.01. The average molecular weight is 214 g/mol. The Labute approximate surface area is 85.3 Å². The molecule has 0 saturated heterocycles. The van der Waals surface area contributed by atoms with Gasteiger partial charge in [0, 0.05) is 11.9 Å². The Balaban J connectivity index is 2.64. The van der Waals surface area contributed by atoms with E-state index in [0.29, 0.717) is 18.5 Å². The molecule has 0 aliphatic rings. The van der Waals surface area contributed by atoms with Crippen molar-refractivity contribution in [3.05, 3.63) is 29.2 Å². The summed E-state index contributed by atoms with van der Waals surface area (Å²) in [6, 6.07) is 2.98. The summed E-state index contributed by atoms with van der Waals surface area (Å²) in [5.74, 6) is -0.425. The van der Waals surface area contributed by atoms with Crippen molar-refractivity contribution in [3.63, 3.8) is 0 Å². The van der Waals surface area contributed by atoms with E-state index >= 15 is 0 Å². The molecule has 0 saturated carbocycles. The van der Waals surface area contributed by atoms with Crippen LogP contribution in [0.25, 0.3) is 10.9 Å². The third-order valence-corrected chi connectivity index (χ3v) is 2.44. The summed E-state index contributed by atoms with van der Waals surface area (Å²) in [7, 11) is 0. The molecule has 3 nitrogen and oxygen atoms in total. The first kappa shape index (κ1) is 9.43. The number of fused-ring (bicyclic) bond motifs is 1. The molecule has 0 amide bonds. The maximum absolute atomic E-state index is 13.1. The molecule has 0 atom stereocenters. The van der Waals surface area contributed by atoms with E-state index in [-0.39, 0.29) is 5.02 Å². The zero-order valence-corrected chi connectivity index (χ0v) is 8.13. The molecule has 1 aromatic heterocycles. The van der Waals surface area contributed by atoms with Crippen molar-refractivity contribution in [2.45, 2.75) is 6.54 Å². The molecule has 74 valence electrons. The first-order valence-electron chi connectivity index (χ1n) is 4.23. The summed E-state index contributed by atoms with van der Waals surface area (Å²) in [5.41, 5.74) is 6.22. The number of benzene rings is 1. The van der Waals surface area contributed by atoms with Gasteiger partial charge in [-0.25, -0.2) is 4.39 Å². The fourth-order valence-corrected chi connectivity index (χ4v) is 1.60. The number of halogens is 2. The minimum absolute atomic E-state index is 0.116. The molecule has 2 aromatic rings. The fourth-order valence-electron chi connectivity index (χ4n) is 1.39. The quantitative estimate of drug-likeness (QED) is 0.827. The fraction of sp³-hybridized carbons (Fsp3) is 0.222. The third-order valence-electron chi connectivity index (χ3n) is 2.05. The van der Waals surface area contributed by atoms with E-state index in [1.807, 2.05) is 0 Å². The first-order chi connectivity index (χ1) is 6.74. The molecule has 0 aliphatic heterocycles. The molecule has 0 aliphatic carbocycles. The maximum Gasteiger partial charge on any atom is 0.142 e. The summed E-state index contributed by atoms with van der Waals surface area (Å²) in [5, 5.41) is 4.81. The number of aromatic nitrogens is 2. The number of nitrogens with zero attached hydrogens (tertiary/aromatic N) is 2. The highest BCUT2D eigenvalue weighted by molar-refractivity contribution is 6.35. The van der Waals surface area contributed by atoms with E-state index in [1.165, 1.54) is 6.07 Å². The van der Waals surface area contributed by atoms with Gasteiger partial charge in [-0.1, -0.05) is 11.6 Å². The lowest BCUT2D eigenvalue weighted by molar-refractivity contribution is 0.628. The van der Waals surface area contributed by atoms with Crippen molar-refractivity contribution in [3.8, 4) is 0 Å². The molecule has 0 fully saturated rings. The van der Waals surface area contributed by atoms with Gasteiger partial charge in [-0.2, -0.15) is 5.10 Å². The molecule has 0 unspecified atom stereocenters. The Morgan fingerprint density at radius 2 is 2.29 bits per heavy atom. The highest BCUT2D eigenvalue weighted by atomic mass is 35.5. The van der Waals surface area contributed by atoms with Crippen molar-refractivity contribution in [2.75, 3.05) is 6.54 Å². The first-order valence-corrected chi connectivity index (χ1v) is 4.61. The lowest BCUT2D eigenvalue weighted by atomic mass is 10.2. The molecule has 0 spiro atoms. The Kier molecular flexibility index (Phi) is 2.39. The van der Waals surface area contributed by atoms with Gasteiger partial charge in [-0.3, -0.25) is 4.68 Å². The predicted molar refractivity (Wildman–Crippen MR) is 53.8 cm³/mol. The number of rotatable bonds is 2. The summed E-state index contributed by atoms with van der Waals surface area (Å²) in [6.07, 6.45) is 1.55. The minimum atomic E-state index is -0.425. The number of hydrogen-bond donors (Lipinski definition) is 1. The summed E-state index contributed by atoms with van der Waals surface area (Å²) in [4.78, 5) is 0. The van der Waals surface area contributed by atoms with Gasteiger partial charge in [0.15, 0.2) is 0 Å². The Bertz CT molecular complexity index is 466. The van der Waals surface area contributed by atoms with Crippen LogP contribution >= 0.6 is 11.6 Å². The molecule has 1 aromatic carbocycles. The zero-order valence-electron chi connectivity index (χ0n) is 7.37. The Morgan fingerprint density at radius 3 is 3.00 bits per heavy atom. The summed E-state index contributed by atoms with van der Waals surface area (Å²) < 4.78 is 14.8. The Morgan fingerprint density at radius 1 is 1.50 bits per heavy atom. The van der Waals surface area contributed by atoms with Gasteiger partial charge in [-0.05, 0) is 12.1 Å². The van der Waals surface area contributed by atoms with Crippen molar-refractivity contribution in [1.29, 1.82) is 0 Å². The van der Waals surface area contributed by atoms with Gasteiger partial charge in [-0.15, -0.1) is 0 Å². The van der Waals surface area contributed by atoms with Crippen LogP contribution in [0.5, 0.6) is 0 Å². The lowest BCUT2D eigenvalue weighted by Crippen LogP contribution is -2.10. The van der Waals surface area contributed by atoms with Crippen LogP contribution in [0, 0.1) is 5.82 Å². The highest BCUT2D eigenvalue weighted by Gasteiger charge is 2.08.